The molecule has 0 spiro atoms. The van der Waals surface area contributed by atoms with E-state index in [0.29, 0.717) is 26.0 Å². The number of nitrogens with zero attached hydrogens (tertiary/aromatic N) is 2. The Bertz CT molecular complexity index is 1360. The number of benzene rings is 1. The molecule has 0 saturated carbocycles. The number of esters is 1. The number of hydrogen-bond donors (Lipinski definition) is 1. The number of ether oxygens (including phenoxy) is 1. The van der Waals surface area contributed by atoms with Gasteiger partial charge in [0.1, 0.15) is 5.00 Å². The Kier molecular flexibility index (Phi) is 5.90. The van der Waals surface area contributed by atoms with Crippen LogP contribution in [-0.4, -0.2) is 28.3 Å². The van der Waals surface area contributed by atoms with E-state index < -0.39 is 11.5 Å². The first kappa shape index (κ1) is 21.2. The number of aryl methyl sites for hydroxylation is 1. The lowest BCUT2D eigenvalue weighted by Crippen LogP contribution is -2.25. The zero-order valence-corrected chi connectivity index (χ0v) is 18.9. The average molecular weight is 474 g/mol. The lowest BCUT2D eigenvalue weighted by Gasteiger charge is -2.10. The summed E-state index contributed by atoms with van der Waals surface area (Å²) in [6.07, 6.45) is 0. The Morgan fingerprint density at radius 3 is 2.58 bits per heavy atom. The van der Waals surface area contributed by atoms with Crippen molar-refractivity contribution in [1.29, 1.82) is 0 Å². The van der Waals surface area contributed by atoms with Crippen LogP contribution in [0.15, 0.2) is 45.9 Å². The van der Waals surface area contributed by atoms with E-state index in [1.165, 1.54) is 11.3 Å². The molecule has 31 heavy (non-hydrogen) atoms. The van der Waals surface area contributed by atoms with Crippen molar-refractivity contribution in [3.8, 4) is 5.69 Å². The lowest BCUT2D eigenvalue weighted by molar-refractivity contribution is 0.0520. The third-order valence-electron chi connectivity index (χ3n) is 4.37. The number of anilines is 1. The molecule has 0 aliphatic carbocycles. The molecule has 0 unspecified atom stereocenters. The van der Waals surface area contributed by atoms with Gasteiger partial charge in [0.25, 0.3) is 11.5 Å². The monoisotopic (exact) mass is 473 g/mol. The predicted octanol–water partition coefficient (Wildman–Crippen LogP) is 4.90. The van der Waals surface area contributed by atoms with Gasteiger partial charge in [-0.3, -0.25) is 9.59 Å². The highest BCUT2D eigenvalue weighted by Gasteiger charge is 2.23. The molecule has 1 N–H and O–H groups in total. The normalized spacial score (nSPS) is 10.9. The number of hydrogen-bond acceptors (Lipinski definition) is 7. The Hall–Kier alpha value is -3.01. The van der Waals surface area contributed by atoms with Gasteiger partial charge in [-0.25, -0.2) is 4.79 Å². The number of aromatic nitrogens is 2. The van der Waals surface area contributed by atoms with Crippen LogP contribution in [0.5, 0.6) is 0 Å². The van der Waals surface area contributed by atoms with Crippen molar-refractivity contribution in [1.82, 2.24) is 9.78 Å². The van der Waals surface area contributed by atoms with Gasteiger partial charge in [-0.2, -0.15) is 9.78 Å². The second-order valence-electron chi connectivity index (χ2n) is 6.56. The highest BCUT2D eigenvalue weighted by atomic mass is 35.5. The van der Waals surface area contributed by atoms with E-state index >= 15 is 0 Å². The number of carbonyl (C=O) groups excluding carboxylic acids is 2. The molecule has 4 aromatic rings. The van der Waals surface area contributed by atoms with Gasteiger partial charge in [0.05, 0.1) is 22.6 Å². The molecule has 4 rings (SSSR count). The fourth-order valence-electron chi connectivity index (χ4n) is 2.96. The van der Waals surface area contributed by atoms with Gasteiger partial charge in [0, 0.05) is 15.8 Å². The van der Waals surface area contributed by atoms with Crippen molar-refractivity contribution in [2.45, 2.75) is 13.8 Å². The third-order valence-corrected chi connectivity index (χ3v) is 6.57. The molecule has 0 atom stereocenters. The van der Waals surface area contributed by atoms with Crippen LogP contribution in [-0.2, 0) is 4.74 Å². The summed E-state index contributed by atoms with van der Waals surface area (Å²) in [6.45, 7) is 3.75. The van der Waals surface area contributed by atoms with Crippen molar-refractivity contribution < 1.29 is 14.3 Å². The number of thiophene rings is 2. The molecular weight excluding hydrogens is 458 g/mol. The first-order valence-corrected chi connectivity index (χ1v) is 11.4. The molecule has 0 radical (unpaired) electrons. The largest absolute Gasteiger partial charge is 0.461 e. The number of fused-ring (bicyclic) bond motifs is 1. The molecule has 0 aliphatic rings. The molecule has 10 heteroatoms. The molecule has 7 nitrogen and oxygen atoms in total. The number of carbonyl (C=O) groups is 2. The van der Waals surface area contributed by atoms with Gasteiger partial charge in [0.2, 0.25) is 0 Å². The first-order valence-electron chi connectivity index (χ1n) is 9.23. The minimum Gasteiger partial charge on any atom is -0.461 e. The van der Waals surface area contributed by atoms with Gasteiger partial charge < -0.3 is 10.1 Å². The SMILES string of the molecule is CCOC(=O)c1nn(-c2ccc(Cl)cc2)c(=O)c2c(NC(=O)c3cc(C)cs3)scc12. The van der Waals surface area contributed by atoms with Crippen LogP contribution < -0.4 is 10.9 Å². The molecule has 1 aromatic carbocycles. The Morgan fingerprint density at radius 2 is 1.94 bits per heavy atom. The summed E-state index contributed by atoms with van der Waals surface area (Å²) >= 11 is 8.42. The number of amides is 1. The van der Waals surface area contributed by atoms with Crippen LogP contribution in [0.3, 0.4) is 0 Å². The highest BCUT2D eigenvalue weighted by Crippen LogP contribution is 2.31. The molecule has 0 saturated heterocycles. The number of nitrogens with one attached hydrogen (secondary N) is 1. The summed E-state index contributed by atoms with van der Waals surface area (Å²) in [5.41, 5.74) is 0.934. The maximum absolute atomic E-state index is 13.3. The van der Waals surface area contributed by atoms with Crippen LogP contribution in [0.4, 0.5) is 5.00 Å². The summed E-state index contributed by atoms with van der Waals surface area (Å²) in [7, 11) is 0. The lowest BCUT2D eigenvalue weighted by atomic mass is 10.2. The van der Waals surface area contributed by atoms with Gasteiger partial charge in [-0.1, -0.05) is 11.6 Å². The fourth-order valence-corrected chi connectivity index (χ4v) is 4.82. The van der Waals surface area contributed by atoms with Crippen LogP contribution >= 0.6 is 34.3 Å². The molecule has 3 aromatic heterocycles. The third kappa shape index (κ3) is 4.12. The van der Waals surface area contributed by atoms with Gasteiger partial charge in [0.15, 0.2) is 5.69 Å². The van der Waals surface area contributed by atoms with Crippen molar-refractivity contribution in [2.75, 3.05) is 11.9 Å². The Balaban J connectivity index is 1.89. The van der Waals surface area contributed by atoms with Gasteiger partial charge in [-0.15, -0.1) is 22.7 Å². The van der Waals surface area contributed by atoms with E-state index in [1.54, 1.807) is 42.6 Å². The van der Waals surface area contributed by atoms with E-state index in [1.807, 2.05) is 12.3 Å². The average Bonchev–Trinajstić information content (AvgIpc) is 3.36. The smallest absolute Gasteiger partial charge is 0.359 e. The molecule has 0 fully saturated rings. The minimum absolute atomic E-state index is 0.00452. The molecule has 1 amide bonds. The minimum atomic E-state index is -0.653. The maximum atomic E-state index is 13.3. The summed E-state index contributed by atoms with van der Waals surface area (Å²) in [5.74, 6) is -0.978. The zero-order chi connectivity index (χ0) is 22.1. The first-order chi connectivity index (χ1) is 14.9. The van der Waals surface area contributed by atoms with E-state index in [-0.39, 0.29) is 23.6 Å². The van der Waals surface area contributed by atoms with E-state index in [9.17, 15) is 14.4 Å². The van der Waals surface area contributed by atoms with Crippen LogP contribution in [0.1, 0.15) is 32.6 Å². The maximum Gasteiger partial charge on any atom is 0.359 e. The molecule has 3 heterocycles. The number of halogens is 1. The van der Waals surface area contributed by atoms with E-state index in [0.717, 1.165) is 21.6 Å². The molecular formula is C21H16ClN3O4S2. The Morgan fingerprint density at radius 1 is 1.19 bits per heavy atom. The predicted molar refractivity (Wildman–Crippen MR) is 123 cm³/mol. The summed E-state index contributed by atoms with van der Waals surface area (Å²) < 4.78 is 6.24. The topological polar surface area (TPSA) is 90.3 Å². The molecule has 0 aliphatic heterocycles. The zero-order valence-electron chi connectivity index (χ0n) is 16.5. The second kappa shape index (κ2) is 8.62. The Labute approximate surface area is 189 Å². The van der Waals surface area contributed by atoms with Crippen molar-refractivity contribution >= 4 is 61.9 Å². The summed E-state index contributed by atoms with van der Waals surface area (Å²) in [4.78, 5) is 39.1. The van der Waals surface area contributed by atoms with E-state index in [4.69, 9.17) is 16.3 Å². The fraction of sp³-hybridized carbons (Fsp3) is 0.143. The van der Waals surface area contributed by atoms with Crippen LogP contribution in [0.25, 0.3) is 16.5 Å². The van der Waals surface area contributed by atoms with Crippen molar-refractivity contribution in [3.05, 3.63) is 72.6 Å². The van der Waals surface area contributed by atoms with Gasteiger partial charge in [-0.05, 0) is 55.1 Å². The summed E-state index contributed by atoms with van der Waals surface area (Å²) in [5, 5.41) is 11.9. The van der Waals surface area contributed by atoms with Crippen LogP contribution in [0.2, 0.25) is 5.02 Å². The van der Waals surface area contributed by atoms with E-state index in [2.05, 4.69) is 10.4 Å². The van der Waals surface area contributed by atoms with Crippen LogP contribution in [0, 0.1) is 6.92 Å². The van der Waals surface area contributed by atoms with Gasteiger partial charge >= 0.3 is 5.97 Å². The molecule has 0 bridgehead atoms. The quantitative estimate of drug-likeness (QED) is 0.416. The second-order valence-corrected chi connectivity index (χ2v) is 8.79. The highest BCUT2D eigenvalue weighted by molar-refractivity contribution is 7.16. The standard InChI is InChI=1S/C21H16ClN3O4S2/c1-3-29-21(28)17-14-10-31-19(23-18(26)15-8-11(2)9-30-15)16(14)20(27)25(24-17)13-6-4-12(22)5-7-13/h4-10H,3H2,1-2H3,(H,23,26). The molecule has 158 valence electrons. The van der Waals surface area contributed by atoms with Crippen molar-refractivity contribution in [2.24, 2.45) is 0 Å². The summed E-state index contributed by atoms with van der Waals surface area (Å²) in [6, 6.07) is 8.25. The number of rotatable bonds is 5. The van der Waals surface area contributed by atoms with Crippen molar-refractivity contribution in [3.63, 3.8) is 0 Å².